The molecular formula is C15H20BrNO3. The molecule has 2 rings (SSSR count). The Labute approximate surface area is 127 Å². The first kappa shape index (κ1) is 15.3. The molecule has 0 aromatic heterocycles. The Bertz CT molecular complexity index is 484. The summed E-state index contributed by atoms with van der Waals surface area (Å²) in [5, 5.41) is 0. The molecule has 5 heteroatoms. The highest BCUT2D eigenvalue weighted by Gasteiger charge is 2.24. The molecule has 1 aromatic rings. The Hall–Kier alpha value is -1.07. The molecular weight excluding hydrogens is 322 g/mol. The van der Waals surface area contributed by atoms with Gasteiger partial charge in [0.1, 0.15) is 0 Å². The zero-order valence-corrected chi connectivity index (χ0v) is 13.2. The summed E-state index contributed by atoms with van der Waals surface area (Å²) < 4.78 is 12.1. The summed E-state index contributed by atoms with van der Waals surface area (Å²) >= 11 is 3.43. The summed E-state index contributed by atoms with van der Waals surface area (Å²) in [7, 11) is 1.59. The molecule has 2 N–H and O–H groups in total. The van der Waals surface area contributed by atoms with Crippen molar-refractivity contribution < 1.29 is 14.3 Å². The minimum atomic E-state index is -0.0220. The first-order chi connectivity index (χ1) is 9.67. The van der Waals surface area contributed by atoms with Crippen LogP contribution >= 0.6 is 15.9 Å². The molecule has 1 aromatic carbocycles. The lowest BCUT2D eigenvalue weighted by Gasteiger charge is -2.19. The van der Waals surface area contributed by atoms with Crippen LogP contribution in [-0.2, 0) is 0 Å². The number of nitrogens with two attached hydrogens (primary N) is 1. The Morgan fingerprint density at radius 2 is 2.10 bits per heavy atom. The molecule has 1 aliphatic rings. The highest BCUT2D eigenvalue weighted by Crippen LogP contribution is 2.39. The summed E-state index contributed by atoms with van der Waals surface area (Å²) in [4.78, 5) is 12.3. The maximum atomic E-state index is 12.3. The van der Waals surface area contributed by atoms with E-state index in [1.165, 1.54) is 12.8 Å². The second-order valence-electron chi connectivity index (χ2n) is 4.94. The molecule has 1 fully saturated rings. The third kappa shape index (κ3) is 3.33. The third-order valence-electron chi connectivity index (χ3n) is 3.53. The van der Waals surface area contributed by atoms with Gasteiger partial charge >= 0.3 is 0 Å². The average Bonchev–Trinajstić information content (AvgIpc) is 2.92. The molecule has 20 heavy (non-hydrogen) atoms. The number of carbonyl (C=O) groups is 1. The van der Waals surface area contributed by atoms with Crippen LogP contribution in [0.2, 0.25) is 0 Å². The van der Waals surface area contributed by atoms with Gasteiger partial charge in [0.15, 0.2) is 17.3 Å². The second kappa shape index (κ2) is 7.09. The molecule has 0 aliphatic heterocycles. The fraction of sp³-hybridized carbons (Fsp3) is 0.533. The van der Waals surface area contributed by atoms with E-state index < -0.39 is 0 Å². The van der Waals surface area contributed by atoms with Crippen LogP contribution in [0.3, 0.4) is 0 Å². The number of Topliss-reactive ketones (excluding diaryl/α,β-unsaturated/α-hetero) is 1. The van der Waals surface area contributed by atoms with E-state index in [0.717, 1.165) is 17.3 Å². The number of rotatable bonds is 6. The topological polar surface area (TPSA) is 61.5 Å². The minimum absolute atomic E-state index is 0.0220. The molecule has 4 nitrogen and oxygen atoms in total. The Morgan fingerprint density at radius 3 is 2.70 bits per heavy atom. The number of benzene rings is 1. The first-order valence-corrected chi connectivity index (χ1v) is 7.73. The van der Waals surface area contributed by atoms with Gasteiger partial charge in [0, 0.05) is 10.9 Å². The summed E-state index contributed by atoms with van der Waals surface area (Å²) in [6.07, 6.45) is 4.87. The fourth-order valence-electron chi connectivity index (χ4n) is 2.51. The molecule has 0 radical (unpaired) electrons. The van der Waals surface area contributed by atoms with Gasteiger partial charge < -0.3 is 15.2 Å². The van der Waals surface area contributed by atoms with E-state index >= 15 is 0 Å². The van der Waals surface area contributed by atoms with Crippen molar-refractivity contribution in [2.75, 3.05) is 13.7 Å². The zero-order valence-electron chi connectivity index (χ0n) is 11.7. The van der Waals surface area contributed by atoms with Gasteiger partial charge in [-0.15, -0.1) is 0 Å². The van der Waals surface area contributed by atoms with Crippen LogP contribution in [0, 0.1) is 0 Å². The molecule has 0 saturated heterocycles. The third-order valence-corrected chi connectivity index (χ3v) is 4.19. The maximum absolute atomic E-state index is 12.3. The predicted octanol–water partition coefficient (Wildman–Crippen LogP) is 3.31. The molecule has 0 heterocycles. The van der Waals surface area contributed by atoms with Gasteiger partial charge in [0.05, 0.1) is 18.8 Å². The van der Waals surface area contributed by atoms with Crippen molar-refractivity contribution in [1.29, 1.82) is 0 Å². The van der Waals surface area contributed by atoms with Gasteiger partial charge in [-0.05, 0) is 60.3 Å². The summed E-state index contributed by atoms with van der Waals surface area (Å²) in [6, 6.07) is 3.62. The standard InChI is InChI=1S/C15H20BrNO3/c1-19-13-7-6-11(16)14(12(18)8-9-17)15(13)20-10-4-2-3-5-10/h6-7,10H,2-5,8-9,17H2,1H3. The first-order valence-electron chi connectivity index (χ1n) is 6.93. The molecule has 0 bridgehead atoms. The minimum Gasteiger partial charge on any atom is -0.493 e. The van der Waals surface area contributed by atoms with Gasteiger partial charge in [-0.1, -0.05) is 0 Å². The number of hydrogen-bond acceptors (Lipinski definition) is 4. The van der Waals surface area contributed by atoms with Crippen molar-refractivity contribution >= 4 is 21.7 Å². The van der Waals surface area contributed by atoms with Crippen LogP contribution in [0.1, 0.15) is 42.5 Å². The molecule has 0 unspecified atom stereocenters. The normalized spacial score (nSPS) is 15.3. The highest BCUT2D eigenvalue weighted by atomic mass is 79.9. The molecule has 0 amide bonds. The van der Waals surface area contributed by atoms with E-state index in [9.17, 15) is 4.79 Å². The molecule has 1 aliphatic carbocycles. The number of ether oxygens (including phenoxy) is 2. The fourth-order valence-corrected chi connectivity index (χ4v) is 3.04. The number of carbonyl (C=O) groups excluding carboxylic acids is 1. The van der Waals surface area contributed by atoms with Crippen LogP contribution in [0.15, 0.2) is 16.6 Å². The van der Waals surface area contributed by atoms with Gasteiger partial charge in [-0.2, -0.15) is 0 Å². The lowest BCUT2D eigenvalue weighted by molar-refractivity contribution is 0.0976. The molecule has 0 spiro atoms. The van der Waals surface area contributed by atoms with E-state index in [-0.39, 0.29) is 11.9 Å². The van der Waals surface area contributed by atoms with Gasteiger partial charge in [-0.25, -0.2) is 0 Å². The summed E-state index contributed by atoms with van der Waals surface area (Å²) in [5.41, 5.74) is 6.04. The van der Waals surface area contributed by atoms with Crippen LogP contribution in [0.25, 0.3) is 0 Å². The van der Waals surface area contributed by atoms with Crippen LogP contribution in [0.4, 0.5) is 0 Å². The van der Waals surface area contributed by atoms with Crippen LogP contribution in [0.5, 0.6) is 11.5 Å². The van der Waals surface area contributed by atoms with Gasteiger partial charge in [-0.3, -0.25) is 4.79 Å². The lowest BCUT2D eigenvalue weighted by Crippen LogP contribution is -2.16. The van der Waals surface area contributed by atoms with E-state index in [4.69, 9.17) is 15.2 Å². The number of ketones is 1. The van der Waals surface area contributed by atoms with Crippen molar-refractivity contribution in [1.82, 2.24) is 0 Å². The second-order valence-corrected chi connectivity index (χ2v) is 5.79. The lowest BCUT2D eigenvalue weighted by atomic mass is 10.1. The number of halogens is 1. The van der Waals surface area contributed by atoms with Crippen LogP contribution < -0.4 is 15.2 Å². The van der Waals surface area contributed by atoms with Crippen molar-refractivity contribution in [3.05, 3.63) is 22.2 Å². The zero-order chi connectivity index (χ0) is 14.5. The van der Waals surface area contributed by atoms with E-state index in [1.807, 2.05) is 12.1 Å². The number of methoxy groups -OCH3 is 1. The Morgan fingerprint density at radius 1 is 1.40 bits per heavy atom. The molecule has 110 valence electrons. The smallest absolute Gasteiger partial charge is 0.173 e. The van der Waals surface area contributed by atoms with E-state index in [1.54, 1.807) is 7.11 Å². The van der Waals surface area contributed by atoms with Gasteiger partial charge in [0.2, 0.25) is 0 Å². The quantitative estimate of drug-likeness (QED) is 0.806. The summed E-state index contributed by atoms with van der Waals surface area (Å²) in [5.74, 6) is 1.12. The van der Waals surface area contributed by atoms with Crippen molar-refractivity contribution in [3.63, 3.8) is 0 Å². The molecule has 1 saturated carbocycles. The van der Waals surface area contributed by atoms with E-state index in [0.29, 0.717) is 30.0 Å². The predicted molar refractivity (Wildman–Crippen MR) is 81.6 cm³/mol. The Balaban J connectivity index is 2.37. The van der Waals surface area contributed by atoms with Crippen molar-refractivity contribution in [2.45, 2.75) is 38.2 Å². The van der Waals surface area contributed by atoms with Gasteiger partial charge in [0.25, 0.3) is 0 Å². The van der Waals surface area contributed by atoms with Crippen molar-refractivity contribution in [3.8, 4) is 11.5 Å². The average molecular weight is 342 g/mol. The SMILES string of the molecule is COc1ccc(Br)c(C(=O)CCN)c1OC1CCCC1. The van der Waals surface area contributed by atoms with E-state index in [2.05, 4.69) is 15.9 Å². The largest absolute Gasteiger partial charge is 0.493 e. The number of hydrogen-bond donors (Lipinski definition) is 1. The summed E-state index contributed by atoms with van der Waals surface area (Å²) in [6.45, 7) is 0.325. The highest BCUT2D eigenvalue weighted by molar-refractivity contribution is 9.10. The van der Waals surface area contributed by atoms with Crippen molar-refractivity contribution in [2.24, 2.45) is 5.73 Å². The Kier molecular flexibility index (Phi) is 5.43. The van der Waals surface area contributed by atoms with Crippen LogP contribution in [-0.4, -0.2) is 25.5 Å². The maximum Gasteiger partial charge on any atom is 0.173 e. The monoisotopic (exact) mass is 341 g/mol. The molecule has 0 atom stereocenters.